The second-order valence-electron chi connectivity index (χ2n) is 4.00. The lowest BCUT2D eigenvalue weighted by molar-refractivity contribution is 0.0940. The third kappa shape index (κ3) is 2.42. The van der Waals surface area contributed by atoms with Crippen LogP contribution in [0.3, 0.4) is 0 Å². The molecule has 0 amide bonds. The Balaban J connectivity index is 2.84. The quantitative estimate of drug-likeness (QED) is 0.744. The van der Waals surface area contributed by atoms with E-state index in [0.717, 1.165) is 5.56 Å². The van der Waals surface area contributed by atoms with Crippen molar-refractivity contribution in [3.8, 4) is 0 Å². The van der Waals surface area contributed by atoms with Gasteiger partial charge in [-0.25, -0.2) is 0 Å². The van der Waals surface area contributed by atoms with E-state index in [4.69, 9.17) is 5.73 Å². The Morgan fingerprint density at radius 1 is 1.21 bits per heavy atom. The van der Waals surface area contributed by atoms with Crippen molar-refractivity contribution < 1.29 is 4.79 Å². The van der Waals surface area contributed by atoms with Gasteiger partial charge in [0.25, 0.3) is 0 Å². The molecule has 0 aliphatic heterocycles. The van der Waals surface area contributed by atoms with Crippen LogP contribution in [-0.4, -0.2) is 11.8 Å². The molecule has 76 valence electrons. The van der Waals surface area contributed by atoms with Crippen LogP contribution in [0.1, 0.15) is 29.8 Å². The summed E-state index contributed by atoms with van der Waals surface area (Å²) in [5.41, 5.74) is 7.64. The first-order valence-corrected chi connectivity index (χ1v) is 4.89. The number of rotatable bonds is 3. The normalized spacial score (nSPS) is 12.9. The number of ketones is 1. The Labute approximate surface area is 85.1 Å². The molecule has 2 heteroatoms. The highest BCUT2D eigenvalue weighted by molar-refractivity contribution is 6.00. The molecule has 0 aliphatic carbocycles. The average molecular weight is 191 g/mol. The highest BCUT2D eigenvalue weighted by Crippen LogP contribution is 2.09. The number of carbonyl (C=O) groups is 1. The van der Waals surface area contributed by atoms with Gasteiger partial charge in [0.2, 0.25) is 0 Å². The Kier molecular flexibility index (Phi) is 3.42. The summed E-state index contributed by atoms with van der Waals surface area (Å²) in [6, 6.07) is 7.14. The minimum absolute atomic E-state index is 0.0278. The van der Waals surface area contributed by atoms with Gasteiger partial charge in [-0.2, -0.15) is 0 Å². The fourth-order valence-corrected chi connectivity index (χ4v) is 1.21. The molecule has 0 fully saturated rings. The van der Waals surface area contributed by atoms with Crippen LogP contribution < -0.4 is 5.73 Å². The molecule has 0 saturated carbocycles. The maximum atomic E-state index is 11.8. The molecule has 0 radical (unpaired) electrons. The van der Waals surface area contributed by atoms with Crippen molar-refractivity contribution in [3.63, 3.8) is 0 Å². The minimum atomic E-state index is -0.391. The molecule has 0 aliphatic rings. The SMILES string of the molecule is Cc1ccc(C(=O)C(N)C(C)C)cc1. The lowest BCUT2D eigenvalue weighted by Gasteiger charge is -2.14. The van der Waals surface area contributed by atoms with Gasteiger partial charge in [0.1, 0.15) is 0 Å². The largest absolute Gasteiger partial charge is 0.321 e. The Hall–Kier alpha value is -1.15. The summed E-state index contributed by atoms with van der Waals surface area (Å²) in [6.07, 6.45) is 0. The zero-order chi connectivity index (χ0) is 10.7. The zero-order valence-corrected chi connectivity index (χ0v) is 8.95. The van der Waals surface area contributed by atoms with E-state index in [2.05, 4.69) is 0 Å². The van der Waals surface area contributed by atoms with Crippen molar-refractivity contribution in [1.29, 1.82) is 0 Å². The molecule has 1 aromatic rings. The smallest absolute Gasteiger partial charge is 0.179 e. The van der Waals surface area contributed by atoms with Gasteiger partial charge in [-0.05, 0) is 12.8 Å². The Bertz CT molecular complexity index is 314. The van der Waals surface area contributed by atoms with Gasteiger partial charge in [-0.15, -0.1) is 0 Å². The third-order valence-electron chi connectivity index (χ3n) is 2.36. The maximum Gasteiger partial charge on any atom is 0.179 e. The third-order valence-corrected chi connectivity index (χ3v) is 2.36. The van der Waals surface area contributed by atoms with E-state index in [1.165, 1.54) is 0 Å². The molecule has 1 rings (SSSR count). The van der Waals surface area contributed by atoms with Crippen molar-refractivity contribution in [2.45, 2.75) is 26.8 Å². The van der Waals surface area contributed by atoms with E-state index < -0.39 is 6.04 Å². The number of benzene rings is 1. The molecular weight excluding hydrogens is 174 g/mol. The number of nitrogens with two attached hydrogens (primary N) is 1. The molecule has 0 saturated heterocycles. The molecule has 0 spiro atoms. The molecule has 1 unspecified atom stereocenters. The molecule has 2 nitrogen and oxygen atoms in total. The molecule has 1 aromatic carbocycles. The van der Waals surface area contributed by atoms with E-state index >= 15 is 0 Å². The van der Waals surface area contributed by atoms with Crippen LogP contribution >= 0.6 is 0 Å². The predicted molar refractivity (Wildman–Crippen MR) is 58.3 cm³/mol. The minimum Gasteiger partial charge on any atom is -0.321 e. The Morgan fingerprint density at radius 2 is 1.71 bits per heavy atom. The van der Waals surface area contributed by atoms with Gasteiger partial charge >= 0.3 is 0 Å². The first-order chi connectivity index (χ1) is 6.52. The lowest BCUT2D eigenvalue weighted by atomic mass is 9.95. The summed E-state index contributed by atoms with van der Waals surface area (Å²) >= 11 is 0. The monoisotopic (exact) mass is 191 g/mol. The molecule has 2 N–H and O–H groups in total. The van der Waals surface area contributed by atoms with E-state index in [-0.39, 0.29) is 11.7 Å². The van der Waals surface area contributed by atoms with Gasteiger partial charge in [-0.3, -0.25) is 4.79 Å². The molecular formula is C12H17NO. The highest BCUT2D eigenvalue weighted by Gasteiger charge is 2.18. The fourth-order valence-electron chi connectivity index (χ4n) is 1.21. The first-order valence-electron chi connectivity index (χ1n) is 4.89. The van der Waals surface area contributed by atoms with Crippen LogP contribution in [0.5, 0.6) is 0 Å². The number of carbonyl (C=O) groups excluding carboxylic acids is 1. The van der Waals surface area contributed by atoms with Gasteiger partial charge in [0, 0.05) is 5.56 Å². The molecule has 1 atom stereocenters. The van der Waals surface area contributed by atoms with E-state index in [1.54, 1.807) is 0 Å². The second-order valence-corrected chi connectivity index (χ2v) is 4.00. The summed E-state index contributed by atoms with van der Waals surface area (Å²) in [5.74, 6) is 0.212. The van der Waals surface area contributed by atoms with Crippen LogP contribution in [0.25, 0.3) is 0 Å². The predicted octanol–water partition coefficient (Wildman–Crippen LogP) is 2.16. The maximum absolute atomic E-state index is 11.8. The van der Waals surface area contributed by atoms with Crippen molar-refractivity contribution >= 4 is 5.78 Å². The van der Waals surface area contributed by atoms with E-state index in [1.807, 2.05) is 45.0 Å². The fraction of sp³-hybridized carbons (Fsp3) is 0.417. The van der Waals surface area contributed by atoms with E-state index in [0.29, 0.717) is 5.56 Å². The first kappa shape index (κ1) is 10.9. The molecule has 0 aromatic heterocycles. The van der Waals surface area contributed by atoms with Gasteiger partial charge < -0.3 is 5.73 Å². The molecule has 14 heavy (non-hydrogen) atoms. The Morgan fingerprint density at radius 3 is 2.14 bits per heavy atom. The standard InChI is InChI=1S/C12H17NO/c1-8(2)11(13)12(14)10-6-4-9(3)5-7-10/h4-8,11H,13H2,1-3H3. The molecule has 0 heterocycles. The van der Waals surface area contributed by atoms with Gasteiger partial charge in [0.15, 0.2) is 5.78 Å². The van der Waals surface area contributed by atoms with Crippen molar-refractivity contribution in [1.82, 2.24) is 0 Å². The topological polar surface area (TPSA) is 43.1 Å². The highest BCUT2D eigenvalue weighted by atomic mass is 16.1. The van der Waals surface area contributed by atoms with Crippen LogP contribution in [0.15, 0.2) is 24.3 Å². The van der Waals surface area contributed by atoms with Crippen molar-refractivity contribution in [2.24, 2.45) is 11.7 Å². The summed E-state index contributed by atoms with van der Waals surface area (Å²) in [4.78, 5) is 11.8. The van der Waals surface area contributed by atoms with Crippen LogP contribution in [-0.2, 0) is 0 Å². The molecule has 0 bridgehead atoms. The number of hydrogen-bond donors (Lipinski definition) is 1. The van der Waals surface area contributed by atoms with Crippen LogP contribution in [0.2, 0.25) is 0 Å². The second kappa shape index (κ2) is 4.38. The van der Waals surface area contributed by atoms with Crippen LogP contribution in [0.4, 0.5) is 0 Å². The van der Waals surface area contributed by atoms with Crippen LogP contribution in [0, 0.1) is 12.8 Å². The number of Topliss-reactive ketones (excluding diaryl/α,β-unsaturated/α-hetero) is 1. The number of hydrogen-bond acceptors (Lipinski definition) is 2. The van der Waals surface area contributed by atoms with Crippen molar-refractivity contribution in [3.05, 3.63) is 35.4 Å². The lowest BCUT2D eigenvalue weighted by Crippen LogP contribution is -2.35. The summed E-state index contributed by atoms with van der Waals surface area (Å²) in [6.45, 7) is 5.91. The van der Waals surface area contributed by atoms with Crippen molar-refractivity contribution in [2.75, 3.05) is 0 Å². The van der Waals surface area contributed by atoms with Gasteiger partial charge in [-0.1, -0.05) is 43.7 Å². The number of aryl methyl sites for hydroxylation is 1. The summed E-state index contributed by atoms with van der Waals surface area (Å²) < 4.78 is 0. The van der Waals surface area contributed by atoms with E-state index in [9.17, 15) is 4.79 Å². The zero-order valence-electron chi connectivity index (χ0n) is 8.95. The summed E-state index contributed by atoms with van der Waals surface area (Å²) in [7, 11) is 0. The summed E-state index contributed by atoms with van der Waals surface area (Å²) in [5, 5.41) is 0. The average Bonchev–Trinajstić information content (AvgIpc) is 2.16. The van der Waals surface area contributed by atoms with Gasteiger partial charge in [0.05, 0.1) is 6.04 Å².